The Bertz CT molecular complexity index is 517. The van der Waals surface area contributed by atoms with Crippen LogP contribution in [0, 0.1) is 6.92 Å². The largest absolute Gasteiger partial charge is 0.478 e. The van der Waals surface area contributed by atoms with Crippen molar-refractivity contribution in [2.75, 3.05) is 7.05 Å². The van der Waals surface area contributed by atoms with E-state index >= 15 is 0 Å². The highest BCUT2D eigenvalue weighted by atomic mass is 16.6. The summed E-state index contributed by atoms with van der Waals surface area (Å²) in [4.78, 5) is 24.2. The van der Waals surface area contributed by atoms with Crippen LogP contribution < -0.4 is 0 Å². The summed E-state index contributed by atoms with van der Waals surface area (Å²) in [5.74, 6) is -0.949. The molecular formula is C15H21NO4. The number of nitrogens with zero attached hydrogens (tertiary/aromatic N) is 1. The molecule has 0 radical (unpaired) electrons. The Labute approximate surface area is 119 Å². The Morgan fingerprint density at radius 3 is 2.35 bits per heavy atom. The molecule has 1 N–H and O–H groups in total. The summed E-state index contributed by atoms with van der Waals surface area (Å²) in [6, 6.07) is 5.03. The summed E-state index contributed by atoms with van der Waals surface area (Å²) in [6.07, 6.45) is -0.405. The van der Waals surface area contributed by atoms with Gasteiger partial charge in [-0.3, -0.25) is 0 Å². The molecule has 0 aliphatic rings. The predicted octanol–water partition coefficient (Wildman–Crippen LogP) is 3.06. The van der Waals surface area contributed by atoms with Gasteiger partial charge in [0.15, 0.2) is 0 Å². The average Bonchev–Trinajstić information content (AvgIpc) is 2.26. The molecular weight excluding hydrogens is 258 g/mol. The lowest BCUT2D eigenvalue weighted by Gasteiger charge is -2.24. The molecule has 0 aliphatic carbocycles. The first kappa shape index (κ1) is 16.0. The van der Waals surface area contributed by atoms with Crippen LogP contribution >= 0.6 is 0 Å². The van der Waals surface area contributed by atoms with E-state index in [1.807, 2.05) is 20.8 Å². The Hall–Kier alpha value is -2.04. The number of benzene rings is 1. The van der Waals surface area contributed by atoms with Crippen LogP contribution in [0.3, 0.4) is 0 Å². The zero-order valence-electron chi connectivity index (χ0n) is 12.6. The molecule has 0 fully saturated rings. The van der Waals surface area contributed by atoms with E-state index in [1.54, 1.807) is 32.2 Å². The maximum absolute atomic E-state index is 11.8. The lowest BCUT2D eigenvalue weighted by atomic mass is 10.1. The van der Waals surface area contributed by atoms with Crippen LogP contribution in [0.5, 0.6) is 0 Å². The number of carbonyl (C=O) groups is 2. The molecule has 5 heteroatoms. The number of hydrogen-bond donors (Lipinski definition) is 1. The molecule has 0 spiro atoms. The summed E-state index contributed by atoms with van der Waals surface area (Å²) < 4.78 is 5.26. The number of ether oxygens (including phenoxy) is 1. The highest BCUT2D eigenvalue weighted by Crippen LogP contribution is 2.14. The number of aromatic carboxylic acids is 1. The van der Waals surface area contributed by atoms with Crippen molar-refractivity contribution in [1.82, 2.24) is 4.90 Å². The molecule has 0 unspecified atom stereocenters. The van der Waals surface area contributed by atoms with E-state index in [1.165, 1.54) is 4.90 Å². The molecule has 1 aromatic rings. The van der Waals surface area contributed by atoms with Crippen molar-refractivity contribution in [3.05, 3.63) is 34.9 Å². The van der Waals surface area contributed by atoms with Gasteiger partial charge in [-0.1, -0.05) is 12.1 Å². The third-order valence-electron chi connectivity index (χ3n) is 2.65. The second-order valence-electron chi connectivity index (χ2n) is 5.79. The van der Waals surface area contributed by atoms with Crippen molar-refractivity contribution < 1.29 is 19.4 Å². The lowest BCUT2D eigenvalue weighted by molar-refractivity contribution is 0.0284. The molecule has 0 saturated heterocycles. The number of carboxylic acid groups (broad SMARTS) is 1. The average molecular weight is 279 g/mol. The normalized spacial score (nSPS) is 11.1. The monoisotopic (exact) mass is 279 g/mol. The zero-order valence-corrected chi connectivity index (χ0v) is 12.6. The summed E-state index contributed by atoms with van der Waals surface area (Å²) in [7, 11) is 1.65. The predicted molar refractivity (Wildman–Crippen MR) is 75.8 cm³/mol. The maximum atomic E-state index is 11.8. The summed E-state index contributed by atoms with van der Waals surface area (Å²) >= 11 is 0. The minimum absolute atomic E-state index is 0.272. The van der Waals surface area contributed by atoms with E-state index in [2.05, 4.69) is 0 Å². The van der Waals surface area contributed by atoms with E-state index in [-0.39, 0.29) is 5.56 Å². The summed E-state index contributed by atoms with van der Waals surface area (Å²) in [6.45, 7) is 7.54. The fraction of sp³-hybridized carbons (Fsp3) is 0.467. The van der Waals surface area contributed by atoms with Gasteiger partial charge in [-0.25, -0.2) is 9.59 Å². The number of aryl methyl sites for hydroxylation is 1. The Morgan fingerprint density at radius 2 is 1.90 bits per heavy atom. The van der Waals surface area contributed by atoms with Crippen molar-refractivity contribution in [3.63, 3.8) is 0 Å². The van der Waals surface area contributed by atoms with E-state index < -0.39 is 17.7 Å². The van der Waals surface area contributed by atoms with Gasteiger partial charge < -0.3 is 14.7 Å². The van der Waals surface area contributed by atoms with Crippen LogP contribution in [0.2, 0.25) is 0 Å². The first-order valence-corrected chi connectivity index (χ1v) is 6.37. The second-order valence-corrected chi connectivity index (χ2v) is 5.79. The molecule has 5 nitrogen and oxygen atoms in total. The highest BCUT2D eigenvalue weighted by Gasteiger charge is 2.19. The van der Waals surface area contributed by atoms with E-state index in [9.17, 15) is 9.59 Å². The molecule has 0 atom stereocenters. The van der Waals surface area contributed by atoms with E-state index in [0.717, 1.165) is 5.56 Å². The van der Waals surface area contributed by atoms with Gasteiger partial charge in [0.2, 0.25) is 0 Å². The van der Waals surface area contributed by atoms with Gasteiger partial charge in [-0.2, -0.15) is 0 Å². The standard InChI is InChI=1S/C15H21NO4/c1-10-8-11(6-7-12(10)13(17)18)9-16(5)14(19)20-15(2,3)4/h6-8H,9H2,1-5H3,(H,17,18). The van der Waals surface area contributed by atoms with Gasteiger partial charge >= 0.3 is 12.1 Å². The first-order valence-electron chi connectivity index (χ1n) is 6.37. The fourth-order valence-corrected chi connectivity index (χ4v) is 1.74. The quantitative estimate of drug-likeness (QED) is 0.923. The molecule has 0 aliphatic heterocycles. The van der Waals surface area contributed by atoms with Crippen molar-refractivity contribution in [3.8, 4) is 0 Å². The number of amides is 1. The summed E-state index contributed by atoms with van der Waals surface area (Å²) in [5, 5.41) is 8.97. The topological polar surface area (TPSA) is 66.8 Å². The lowest BCUT2D eigenvalue weighted by Crippen LogP contribution is -2.33. The summed E-state index contributed by atoms with van der Waals surface area (Å²) in [5.41, 5.74) is 1.27. The van der Waals surface area contributed by atoms with Crippen LogP contribution in [-0.2, 0) is 11.3 Å². The van der Waals surface area contributed by atoms with Gasteiger partial charge in [0.05, 0.1) is 5.56 Å². The number of carbonyl (C=O) groups excluding carboxylic acids is 1. The van der Waals surface area contributed by atoms with Crippen molar-refractivity contribution in [2.24, 2.45) is 0 Å². The first-order chi connectivity index (χ1) is 9.10. The van der Waals surface area contributed by atoms with E-state index in [0.29, 0.717) is 12.1 Å². The molecule has 0 bridgehead atoms. The Balaban J connectivity index is 2.76. The Kier molecular flexibility index (Phi) is 4.76. The molecule has 1 amide bonds. The maximum Gasteiger partial charge on any atom is 0.410 e. The SMILES string of the molecule is Cc1cc(CN(C)C(=O)OC(C)(C)C)ccc1C(=O)O. The third kappa shape index (κ3) is 4.57. The van der Waals surface area contributed by atoms with Gasteiger partial charge in [0.25, 0.3) is 0 Å². The van der Waals surface area contributed by atoms with Crippen LogP contribution in [0.15, 0.2) is 18.2 Å². The number of hydrogen-bond acceptors (Lipinski definition) is 3. The van der Waals surface area contributed by atoms with Crippen molar-refractivity contribution in [2.45, 2.75) is 39.8 Å². The van der Waals surface area contributed by atoms with Crippen LogP contribution in [-0.4, -0.2) is 34.7 Å². The van der Waals surface area contributed by atoms with Crippen LogP contribution in [0.25, 0.3) is 0 Å². The zero-order chi connectivity index (χ0) is 15.5. The number of rotatable bonds is 3. The van der Waals surface area contributed by atoms with E-state index in [4.69, 9.17) is 9.84 Å². The molecule has 20 heavy (non-hydrogen) atoms. The minimum atomic E-state index is -0.949. The second kappa shape index (κ2) is 5.94. The minimum Gasteiger partial charge on any atom is -0.478 e. The van der Waals surface area contributed by atoms with Crippen molar-refractivity contribution >= 4 is 12.1 Å². The van der Waals surface area contributed by atoms with Crippen LogP contribution in [0.4, 0.5) is 4.79 Å². The van der Waals surface area contributed by atoms with Crippen molar-refractivity contribution in [1.29, 1.82) is 0 Å². The number of carboxylic acids is 1. The van der Waals surface area contributed by atoms with Crippen LogP contribution in [0.1, 0.15) is 42.3 Å². The highest BCUT2D eigenvalue weighted by molar-refractivity contribution is 5.89. The fourth-order valence-electron chi connectivity index (χ4n) is 1.74. The van der Waals surface area contributed by atoms with Gasteiger partial charge in [0.1, 0.15) is 5.60 Å². The molecule has 1 rings (SSSR count). The van der Waals surface area contributed by atoms with Gasteiger partial charge in [-0.15, -0.1) is 0 Å². The molecule has 0 saturated carbocycles. The Morgan fingerprint density at radius 1 is 1.30 bits per heavy atom. The third-order valence-corrected chi connectivity index (χ3v) is 2.65. The molecule has 1 aromatic carbocycles. The molecule has 0 aromatic heterocycles. The molecule has 0 heterocycles. The smallest absolute Gasteiger partial charge is 0.410 e. The van der Waals surface area contributed by atoms with Gasteiger partial charge in [0, 0.05) is 13.6 Å². The molecule has 110 valence electrons. The van der Waals surface area contributed by atoms with Gasteiger partial charge in [-0.05, 0) is 44.9 Å².